The summed E-state index contributed by atoms with van der Waals surface area (Å²) >= 11 is 0. The van der Waals surface area contributed by atoms with Crippen LogP contribution in [0.5, 0.6) is 0 Å². The van der Waals surface area contributed by atoms with Gasteiger partial charge in [0.05, 0.1) is 6.04 Å². The summed E-state index contributed by atoms with van der Waals surface area (Å²) in [5, 5.41) is 2.64. The molecule has 0 aliphatic rings. The first kappa shape index (κ1) is 12.1. The maximum absolute atomic E-state index is 11.1. The van der Waals surface area contributed by atoms with Crippen molar-refractivity contribution in [2.45, 2.75) is 32.2 Å². The zero-order valence-corrected chi connectivity index (χ0v) is 8.18. The van der Waals surface area contributed by atoms with Crippen LogP contribution in [0.3, 0.4) is 0 Å². The molecule has 1 atom stereocenters. The summed E-state index contributed by atoms with van der Waals surface area (Å²) in [6.07, 6.45) is 2.68. The zero-order valence-electron chi connectivity index (χ0n) is 8.18. The summed E-state index contributed by atoms with van der Waals surface area (Å²) in [6, 6.07) is -0.480. The average molecular weight is 185 g/mol. The van der Waals surface area contributed by atoms with Crippen molar-refractivity contribution >= 4 is 5.91 Å². The Morgan fingerprint density at radius 3 is 2.62 bits per heavy atom. The minimum absolute atomic E-state index is 0.183. The number of rotatable bonds is 6. The molecule has 0 radical (unpaired) electrons. The highest BCUT2D eigenvalue weighted by atomic mass is 16.2. The molecule has 4 heteroatoms. The summed E-state index contributed by atoms with van der Waals surface area (Å²) in [6.45, 7) is 6.04. The first-order valence-corrected chi connectivity index (χ1v) is 4.52. The van der Waals surface area contributed by atoms with Crippen LogP contribution in [0.4, 0.5) is 0 Å². The van der Waals surface area contributed by atoms with Crippen LogP contribution in [-0.4, -0.2) is 18.5 Å². The van der Waals surface area contributed by atoms with E-state index in [1.807, 2.05) is 0 Å². The van der Waals surface area contributed by atoms with E-state index in [2.05, 4.69) is 11.9 Å². The molecule has 1 amide bonds. The first-order valence-electron chi connectivity index (χ1n) is 4.52. The lowest BCUT2D eigenvalue weighted by Crippen LogP contribution is -2.37. The van der Waals surface area contributed by atoms with E-state index >= 15 is 0 Å². The standard InChI is InChI=1S/C9H19N3O/c1-7(5-3-4-6-10)12-9(13)8(2)11/h8H,1,3-6,10-11H2,2H3,(H,12,13)/t8-/m0/s1. The van der Waals surface area contributed by atoms with Crippen LogP contribution in [0.15, 0.2) is 12.3 Å². The molecule has 0 aromatic rings. The lowest BCUT2D eigenvalue weighted by atomic mass is 10.2. The Hall–Kier alpha value is -0.870. The molecule has 0 spiro atoms. The second-order valence-electron chi connectivity index (χ2n) is 3.13. The van der Waals surface area contributed by atoms with Crippen molar-refractivity contribution in [3.05, 3.63) is 12.3 Å². The van der Waals surface area contributed by atoms with Crippen molar-refractivity contribution in [1.29, 1.82) is 0 Å². The fourth-order valence-electron chi connectivity index (χ4n) is 0.833. The van der Waals surface area contributed by atoms with E-state index in [1.54, 1.807) is 6.92 Å². The summed E-state index contributed by atoms with van der Waals surface area (Å²) < 4.78 is 0. The molecule has 76 valence electrons. The zero-order chi connectivity index (χ0) is 10.3. The fraction of sp³-hybridized carbons (Fsp3) is 0.667. The highest BCUT2D eigenvalue weighted by molar-refractivity contribution is 5.82. The van der Waals surface area contributed by atoms with Gasteiger partial charge in [-0.3, -0.25) is 4.79 Å². The Labute approximate surface area is 79.4 Å². The van der Waals surface area contributed by atoms with Gasteiger partial charge in [-0.2, -0.15) is 0 Å². The minimum atomic E-state index is -0.480. The van der Waals surface area contributed by atoms with Gasteiger partial charge in [0.1, 0.15) is 0 Å². The first-order chi connectivity index (χ1) is 6.07. The number of nitrogens with two attached hydrogens (primary N) is 2. The molecule has 0 heterocycles. The molecule has 0 aromatic heterocycles. The summed E-state index contributed by atoms with van der Waals surface area (Å²) in [5.74, 6) is -0.183. The molecular formula is C9H19N3O. The van der Waals surface area contributed by atoms with Crippen LogP contribution < -0.4 is 16.8 Å². The molecule has 0 unspecified atom stereocenters. The van der Waals surface area contributed by atoms with E-state index in [4.69, 9.17) is 11.5 Å². The number of carbonyl (C=O) groups is 1. The summed E-state index contributed by atoms with van der Waals surface area (Å²) in [4.78, 5) is 11.1. The van der Waals surface area contributed by atoms with Gasteiger partial charge < -0.3 is 16.8 Å². The van der Waals surface area contributed by atoms with Gasteiger partial charge in [-0.25, -0.2) is 0 Å². The van der Waals surface area contributed by atoms with E-state index in [9.17, 15) is 4.79 Å². The van der Waals surface area contributed by atoms with Crippen molar-refractivity contribution < 1.29 is 4.79 Å². The third-order valence-corrected chi connectivity index (χ3v) is 1.65. The molecular weight excluding hydrogens is 166 g/mol. The molecule has 4 nitrogen and oxygen atoms in total. The van der Waals surface area contributed by atoms with Crippen LogP contribution in [0, 0.1) is 0 Å². The SMILES string of the molecule is C=C(CCCCN)NC(=O)[C@H](C)N. The van der Waals surface area contributed by atoms with Gasteiger partial charge in [-0.1, -0.05) is 6.58 Å². The summed E-state index contributed by atoms with van der Waals surface area (Å²) in [7, 11) is 0. The quantitative estimate of drug-likeness (QED) is 0.513. The van der Waals surface area contributed by atoms with Gasteiger partial charge in [0.25, 0.3) is 0 Å². The van der Waals surface area contributed by atoms with Crippen LogP contribution >= 0.6 is 0 Å². The van der Waals surface area contributed by atoms with Crippen molar-refractivity contribution in [2.24, 2.45) is 11.5 Å². The van der Waals surface area contributed by atoms with Crippen molar-refractivity contribution in [2.75, 3.05) is 6.54 Å². The number of carbonyl (C=O) groups excluding carboxylic acids is 1. The fourth-order valence-corrected chi connectivity index (χ4v) is 0.833. The maximum atomic E-state index is 11.1. The molecule has 0 saturated heterocycles. The van der Waals surface area contributed by atoms with Gasteiger partial charge in [0, 0.05) is 5.70 Å². The number of nitrogens with one attached hydrogen (secondary N) is 1. The molecule has 0 aliphatic heterocycles. The maximum Gasteiger partial charge on any atom is 0.240 e. The Morgan fingerprint density at radius 2 is 2.15 bits per heavy atom. The largest absolute Gasteiger partial charge is 0.330 e. The lowest BCUT2D eigenvalue weighted by molar-refractivity contribution is -0.121. The van der Waals surface area contributed by atoms with E-state index < -0.39 is 6.04 Å². The highest BCUT2D eigenvalue weighted by Gasteiger charge is 2.07. The van der Waals surface area contributed by atoms with Crippen LogP contribution in [0.2, 0.25) is 0 Å². The van der Waals surface area contributed by atoms with Crippen molar-refractivity contribution in [3.8, 4) is 0 Å². The van der Waals surface area contributed by atoms with Crippen molar-refractivity contribution in [3.63, 3.8) is 0 Å². The molecule has 5 N–H and O–H groups in total. The molecule has 0 rings (SSSR count). The molecule has 0 saturated carbocycles. The molecule has 13 heavy (non-hydrogen) atoms. The van der Waals surface area contributed by atoms with Crippen LogP contribution in [-0.2, 0) is 4.79 Å². The van der Waals surface area contributed by atoms with Crippen molar-refractivity contribution in [1.82, 2.24) is 5.32 Å². The topological polar surface area (TPSA) is 81.1 Å². The Balaban J connectivity index is 3.56. The smallest absolute Gasteiger partial charge is 0.240 e. The van der Waals surface area contributed by atoms with Crippen LogP contribution in [0.25, 0.3) is 0 Å². The predicted octanol–water partition coefficient (Wildman–Crippen LogP) is 0.0925. The third kappa shape index (κ3) is 6.31. The second-order valence-corrected chi connectivity index (χ2v) is 3.13. The summed E-state index contributed by atoms with van der Waals surface area (Å²) in [5.41, 5.74) is 11.4. The number of hydrogen-bond acceptors (Lipinski definition) is 3. The number of unbranched alkanes of at least 4 members (excludes halogenated alkanes) is 1. The lowest BCUT2D eigenvalue weighted by Gasteiger charge is -2.09. The Morgan fingerprint density at radius 1 is 1.54 bits per heavy atom. The van der Waals surface area contributed by atoms with E-state index in [1.165, 1.54) is 0 Å². The van der Waals surface area contributed by atoms with E-state index in [-0.39, 0.29) is 5.91 Å². The van der Waals surface area contributed by atoms with Gasteiger partial charge in [0.15, 0.2) is 0 Å². The molecule has 0 fully saturated rings. The molecule has 0 aliphatic carbocycles. The Bertz CT molecular complexity index is 178. The normalized spacial score (nSPS) is 12.2. The monoisotopic (exact) mass is 185 g/mol. The predicted molar refractivity (Wildman–Crippen MR) is 53.8 cm³/mol. The number of hydrogen-bond donors (Lipinski definition) is 3. The Kier molecular flexibility index (Phi) is 6.18. The van der Waals surface area contributed by atoms with Crippen LogP contribution in [0.1, 0.15) is 26.2 Å². The molecule has 0 bridgehead atoms. The average Bonchev–Trinajstić information content (AvgIpc) is 2.04. The van der Waals surface area contributed by atoms with Gasteiger partial charge in [-0.05, 0) is 32.7 Å². The van der Waals surface area contributed by atoms with E-state index in [0.717, 1.165) is 25.0 Å². The molecule has 0 aromatic carbocycles. The highest BCUT2D eigenvalue weighted by Crippen LogP contribution is 2.01. The van der Waals surface area contributed by atoms with Gasteiger partial charge >= 0.3 is 0 Å². The number of amides is 1. The van der Waals surface area contributed by atoms with Gasteiger partial charge in [-0.15, -0.1) is 0 Å². The minimum Gasteiger partial charge on any atom is -0.330 e. The van der Waals surface area contributed by atoms with E-state index in [0.29, 0.717) is 6.54 Å². The third-order valence-electron chi connectivity index (χ3n) is 1.65. The second kappa shape index (κ2) is 6.62. The van der Waals surface area contributed by atoms with Gasteiger partial charge in [0.2, 0.25) is 5.91 Å². The number of allylic oxidation sites excluding steroid dienone is 1.